The molecule has 6 nitrogen and oxygen atoms in total. The van der Waals surface area contributed by atoms with Crippen molar-refractivity contribution in [1.29, 1.82) is 0 Å². The number of nitrogens with one attached hydrogen (secondary N) is 1. The van der Waals surface area contributed by atoms with Crippen molar-refractivity contribution in [3.8, 4) is 5.75 Å². The van der Waals surface area contributed by atoms with Gasteiger partial charge in [0.15, 0.2) is 5.78 Å². The van der Waals surface area contributed by atoms with E-state index in [9.17, 15) is 14.4 Å². The van der Waals surface area contributed by atoms with Crippen molar-refractivity contribution < 1.29 is 24.2 Å². The van der Waals surface area contributed by atoms with Gasteiger partial charge in [0.05, 0.1) is 12.7 Å². The van der Waals surface area contributed by atoms with Crippen molar-refractivity contribution in [1.82, 2.24) is 5.32 Å². The van der Waals surface area contributed by atoms with E-state index in [1.807, 2.05) is 13.0 Å². The smallest absolute Gasteiger partial charge is 0.327 e. The van der Waals surface area contributed by atoms with Crippen molar-refractivity contribution in [3.63, 3.8) is 0 Å². The number of thiol groups is 1. The highest BCUT2D eigenvalue weighted by molar-refractivity contribution is 7.80. The summed E-state index contributed by atoms with van der Waals surface area (Å²) < 4.78 is 5.13. The summed E-state index contributed by atoms with van der Waals surface area (Å²) in [7, 11) is 1.47. The average Bonchev–Trinajstić information content (AvgIpc) is 2.49. The van der Waals surface area contributed by atoms with Crippen LogP contribution in [0.3, 0.4) is 0 Å². The summed E-state index contributed by atoms with van der Waals surface area (Å²) in [6.07, 6.45) is -0.113. The first-order chi connectivity index (χ1) is 10.4. The van der Waals surface area contributed by atoms with Crippen LogP contribution in [0.25, 0.3) is 0 Å². The second-order valence-corrected chi connectivity index (χ2v) is 5.13. The van der Waals surface area contributed by atoms with Gasteiger partial charge in [0.25, 0.3) is 0 Å². The highest BCUT2D eigenvalue weighted by atomic mass is 32.1. The molecule has 1 aromatic rings. The van der Waals surface area contributed by atoms with Gasteiger partial charge >= 0.3 is 5.97 Å². The number of carboxylic acid groups (broad SMARTS) is 1. The molecule has 1 unspecified atom stereocenters. The minimum absolute atomic E-state index is 0.0132. The Labute approximate surface area is 134 Å². The quantitative estimate of drug-likeness (QED) is 0.497. The molecule has 1 amide bonds. The highest BCUT2D eigenvalue weighted by Gasteiger charge is 2.19. The van der Waals surface area contributed by atoms with Gasteiger partial charge in [-0.1, -0.05) is 11.6 Å². The molecule has 0 aliphatic rings. The SMILES string of the molecule is COc1ccc(C)cc1C(=O)CCC(=O)NC(CS)C(=O)O. The molecule has 0 fully saturated rings. The van der Waals surface area contributed by atoms with Crippen LogP contribution in [0.1, 0.15) is 28.8 Å². The van der Waals surface area contributed by atoms with Crippen molar-refractivity contribution in [2.24, 2.45) is 0 Å². The molecular formula is C15H19NO5S. The Bertz CT molecular complexity index is 573. The standard InChI is InChI=1S/C15H19NO5S/c1-9-3-5-13(21-2)10(7-9)12(17)4-6-14(18)16-11(8-22)15(19)20/h3,5,7,11,22H,4,6,8H2,1-2H3,(H,16,18)(H,19,20). The Morgan fingerprint density at radius 1 is 1.32 bits per heavy atom. The normalized spacial score (nSPS) is 11.6. The van der Waals surface area contributed by atoms with Gasteiger partial charge in [0.2, 0.25) is 5.91 Å². The fourth-order valence-electron chi connectivity index (χ4n) is 1.85. The maximum atomic E-state index is 12.2. The lowest BCUT2D eigenvalue weighted by Crippen LogP contribution is -2.42. The molecule has 120 valence electrons. The molecule has 0 spiro atoms. The minimum atomic E-state index is -1.16. The second-order valence-electron chi connectivity index (χ2n) is 4.77. The van der Waals surface area contributed by atoms with E-state index in [0.717, 1.165) is 5.56 Å². The van der Waals surface area contributed by atoms with Gasteiger partial charge in [0.1, 0.15) is 11.8 Å². The van der Waals surface area contributed by atoms with Crippen LogP contribution in [0.15, 0.2) is 18.2 Å². The number of hydrogen-bond acceptors (Lipinski definition) is 5. The zero-order valence-corrected chi connectivity index (χ0v) is 13.4. The second kappa shape index (κ2) is 8.43. The fraction of sp³-hybridized carbons (Fsp3) is 0.400. The Morgan fingerprint density at radius 3 is 2.55 bits per heavy atom. The van der Waals surface area contributed by atoms with E-state index >= 15 is 0 Å². The van der Waals surface area contributed by atoms with E-state index in [-0.39, 0.29) is 24.4 Å². The summed E-state index contributed by atoms with van der Waals surface area (Å²) in [5.74, 6) is -1.44. The molecular weight excluding hydrogens is 306 g/mol. The van der Waals surface area contributed by atoms with Crippen LogP contribution in [0.4, 0.5) is 0 Å². The highest BCUT2D eigenvalue weighted by Crippen LogP contribution is 2.21. The summed E-state index contributed by atoms with van der Waals surface area (Å²) in [4.78, 5) is 34.7. The third-order valence-electron chi connectivity index (χ3n) is 3.05. The molecule has 22 heavy (non-hydrogen) atoms. The number of ether oxygens (including phenoxy) is 1. The molecule has 0 saturated heterocycles. The number of rotatable bonds is 8. The number of Topliss-reactive ketones (excluding diaryl/α,β-unsaturated/α-hetero) is 1. The molecule has 0 aromatic heterocycles. The van der Waals surface area contributed by atoms with E-state index in [0.29, 0.717) is 11.3 Å². The third kappa shape index (κ3) is 5.07. The molecule has 1 rings (SSSR count). The molecule has 0 heterocycles. The van der Waals surface area contributed by atoms with Crippen LogP contribution >= 0.6 is 12.6 Å². The lowest BCUT2D eigenvalue weighted by molar-refractivity contribution is -0.141. The minimum Gasteiger partial charge on any atom is -0.496 e. The van der Waals surface area contributed by atoms with E-state index in [1.54, 1.807) is 12.1 Å². The molecule has 0 radical (unpaired) electrons. The Hall–Kier alpha value is -2.02. The molecule has 1 aromatic carbocycles. The third-order valence-corrected chi connectivity index (χ3v) is 3.42. The Balaban J connectivity index is 2.65. The van der Waals surface area contributed by atoms with Gasteiger partial charge in [-0.3, -0.25) is 9.59 Å². The van der Waals surface area contributed by atoms with Gasteiger partial charge < -0.3 is 15.2 Å². The summed E-state index contributed by atoms with van der Waals surface area (Å²) in [5.41, 5.74) is 1.33. The van der Waals surface area contributed by atoms with Crippen LogP contribution in [0.5, 0.6) is 5.75 Å². The number of carbonyl (C=O) groups excluding carboxylic acids is 2. The Kier molecular flexibility index (Phi) is 6.91. The van der Waals surface area contributed by atoms with Crippen molar-refractivity contribution in [2.75, 3.05) is 12.9 Å². The summed E-state index contributed by atoms with van der Waals surface area (Å²) >= 11 is 3.85. The van der Waals surface area contributed by atoms with Crippen LogP contribution in [-0.4, -0.2) is 41.7 Å². The molecule has 7 heteroatoms. The van der Waals surface area contributed by atoms with Crippen LogP contribution < -0.4 is 10.1 Å². The number of aliphatic carboxylic acids is 1. The topological polar surface area (TPSA) is 92.7 Å². The number of amides is 1. The molecule has 2 N–H and O–H groups in total. The molecule has 0 aliphatic carbocycles. The van der Waals surface area contributed by atoms with E-state index < -0.39 is 17.9 Å². The zero-order chi connectivity index (χ0) is 16.7. The van der Waals surface area contributed by atoms with Crippen molar-refractivity contribution >= 4 is 30.3 Å². The molecule has 1 atom stereocenters. The average molecular weight is 325 g/mol. The van der Waals surface area contributed by atoms with E-state index in [1.165, 1.54) is 7.11 Å². The molecule has 0 aliphatic heterocycles. The summed E-state index contributed by atoms with van der Waals surface area (Å²) in [5, 5.41) is 11.1. The van der Waals surface area contributed by atoms with Crippen LogP contribution in [-0.2, 0) is 9.59 Å². The van der Waals surface area contributed by atoms with Gasteiger partial charge in [0, 0.05) is 18.6 Å². The van der Waals surface area contributed by atoms with Crippen molar-refractivity contribution in [2.45, 2.75) is 25.8 Å². The first-order valence-electron chi connectivity index (χ1n) is 6.70. The molecule has 0 bridgehead atoms. The predicted molar refractivity (Wildman–Crippen MR) is 84.7 cm³/mol. The van der Waals surface area contributed by atoms with Crippen LogP contribution in [0, 0.1) is 6.92 Å². The van der Waals surface area contributed by atoms with Crippen molar-refractivity contribution in [3.05, 3.63) is 29.3 Å². The largest absolute Gasteiger partial charge is 0.496 e. The Morgan fingerprint density at radius 2 is 2.00 bits per heavy atom. The first-order valence-corrected chi connectivity index (χ1v) is 7.33. The number of carbonyl (C=O) groups is 3. The maximum Gasteiger partial charge on any atom is 0.327 e. The van der Waals surface area contributed by atoms with Gasteiger partial charge in [-0.05, 0) is 19.1 Å². The van der Waals surface area contributed by atoms with Gasteiger partial charge in [-0.2, -0.15) is 12.6 Å². The number of benzene rings is 1. The number of carboxylic acids is 1. The number of ketones is 1. The molecule has 0 saturated carbocycles. The van der Waals surface area contributed by atoms with Gasteiger partial charge in [-0.15, -0.1) is 0 Å². The van der Waals surface area contributed by atoms with E-state index in [2.05, 4.69) is 17.9 Å². The number of hydrogen-bond donors (Lipinski definition) is 3. The van der Waals surface area contributed by atoms with E-state index in [4.69, 9.17) is 9.84 Å². The van der Waals surface area contributed by atoms with Crippen LogP contribution in [0.2, 0.25) is 0 Å². The monoisotopic (exact) mass is 325 g/mol. The maximum absolute atomic E-state index is 12.2. The summed E-state index contributed by atoms with van der Waals surface area (Å²) in [6.45, 7) is 1.85. The zero-order valence-electron chi connectivity index (χ0n) is 12.5. The number of aryl methyl sites for hydroxylation is 1. The lowest BCUT2D eigenvalue weighted by Gasteiger charge is -2.12. The predicted octanol–water partition coefficient (Wildman–Crippen LogP) is 1.47. The van der Waals surface area contributed by atoms with Gasteiger partial charge in [-0.25, -0.2) is 4.79 Å². The summed E-state index contributed by atoms with van der Waals surface area (Å²) in [6, 6.07) is 4.17. The first kappa shape index (κ1) is 18.0. The number of methoxy groups -OCH3 is 1. The lowest BCUT2D eigenvalue weighted by atomic mass is 10.0. The fourth-order valence-corrected chi connectivity index (χ4v) is 2.10.